The highest BCUT2D eigenvalue weighted by Gasteiger charge is 2.66. The Labute approximate surface area is 243 Å². The third-order valence-corrected chi connectivity index (χ3v) is 18.3. The van der Waals surface area contributed by atoms with Crippen LogP contribution in [0.3, 0.4) is 0 Å². The first-order valence-corrected chi connectivity index (χ1v) is 22.9. The zero-order chi connectivity index (χ0) is 28.8. The van der Waals surface area contributed by atoms with Gasteiger partial charge in [0.1, 0.15) is 0 Å². The van der Waals surface area contributed by atoms with Crippen molar-refractivity contribution in [2.45, 2.75) is 149 Å². The number of hydrogen-bond acceptors (Lipinski definition) is 4. The number of carbonyl (C=O) groups excluding carboxylic acids is 1. The molecule has 0 N–H and O–H groups in total. The number of ether oxygens (including phenoxy) is 1. The Bertz CT molecular complexity index is 861. The summed E-state index contributed by atoms with van der Waals surface area (Å²) in [7, 11) is -1.94. The number of rotatable bonds is 10. The maximum Gasteiger partial charge on any atom is 0.305 e. The molecule has 4 nitrogen and oxygen atoms in total. The lowest BCUT2D eigenvalue weighted by Gasteiger charge is -2.65. The van der Waals surface area contributed by atoms with Crippen molar-refractivity contribution < 1.29 is 18.4 Å². The van der Waals surface area contributed by atoms with E-state index in [0.717, 1.165) is 12.3 Å². The van der Waals surface area contributed by atoms with Crippen LogP contribution in [0.25, 0.3) is 0 Å². The quantitative estimate of drug-likeness (QED) is 0.192. The van der Waals surface area contributed by atoms with Crippen molar-refractivity contribution in [1.82, 2.24) is 0 Å². The Morgan fingerprint density at radius 1 is 0.923 bits per heavy atom. The number of carbonyl (C=O) groups is 1. The second-order valence-corrected chi connectivity index (χ2v) is 24.8. The maximum atomic E-state index is 12.1. The molecule has 4 fully saturated rings. The van der Waals surface area contributed by atoms with Gasteiger partial charge < -0.3 is 13.6 Å². The van der Waals surface area contributed by atoms with Crippen molar-refractivity contribution in [2.24, 2.45) is 46.3 Å². The molecule has 226 valence electrons. The zero-order valence-corrected chi connectivity index (χ0v) is 29.2. The van der Waals surface area contributed by atoms with Gasteiger partial charge in [-0.15, -0.1) is 0 Å². The fourth-order valence-electron chi connectivity index (χ4n) is 10.0. The average molecular weight is 579 g/mol. The molecule has 0 amide bonds. The van der Waals surface area contributed by atoms with Crippen LogP contribution in [0.4, 0.5) is 0 Å². The largest absolute Gasteiger partial charge is 0.469 e. The molecule has 0 saturated heterocycles. The Balaban J connectivity index is 1.75. The fourth-order valence-corrected chi connectivity index (χ4v) is 12.6. The van der Waals surface area contributed by atoms with Crippen molar-refractivity contribution in [3.63, 3.8) is 0 Å². The second-order valence-electron chi connectivity index (χ2n) is 15.8. The van der Waals surface area contributed by atoms with E-state index in [4.69, 9.17) is 13.6 Å². The summed E-state index contributed by atoms with van der Waals surface area (Å²) in [4.78, 5) is 12.1. The van der Waals surface area contributed by atoms with Crippen LogP contribution in [-0.2, 0) is 18.4 Å². The van der Waals surface area contributed by atoms with Gasteiger partial charge in [-0.3, -0.25) is 4.79 Å². The molecule has 39 heavy (non-hydrogen) atoms. The number of esters is 1. The first-order valence-electron chi connectivity index (χ1n) is 16.6. The van der Waals surface area contributed by atoms with Crippen molar-refractivity contribution in [1.29, 1.82) is 0 Å². The highest BCUT2D eigenvalue weighted by molar-refractivity contribution is 6.71. The van der Waals surface area contributed by atoms with E-state index in [2.05, 4.69) is 60.8 Å². The summed E-state index contributed by atoms with van der Waals surface area (Å²) in [6, 6.07) is 2.36. The molecule has 0 radical (unpaired) electrons. The molecule has 0 heterocycles. The molecule has 0 bridgehead atoms. The molecular weight excluding hydrogens is 517 g/mol. The van der Waals surface area contributed by atoms with E-state index in [1.807, 2.05) is 0 Å². The van der Waals surface area contributed by atoms with Crippen molar-refractivity contribution in [3.05, 3.63) is 0 Å². The average Bonchev–Trinajstić information content (AvgIpc) is 3.25. The predicted octanol–water partition coefficient (Wildman–Crippen LogP) is 9.06. The minimum Gasteiger partial charge on any atom is -0.469 e. The van der Waals surface area contributed by atoms with Gasteiger partial charge in [0.05, 0.1) is 13.2 Å². The zero-order valence-electron chi connectivity index (χ0n) is 27.2. The summed E-state index contributed by atoms with van der Waals surface area (Å²) in [6.45, 7) is 22.2. The number of hydrogen-bond donors (Lipinski definition) is 0. The van der Waals surface area contributed by atoms with E-state index in [0.29, 0.717) is 53.6 Å². The van der Waals surface area contributed by atoms with Crippen LogP contribution in [0.5, 0.6) is 0 Å². The smallest absolute Gasteiger partial charge is 0.305 e. The van der Waals surface area contributed by atoms with Gasteiger partial charge in [0.25, 0.3) is 0 Å². The molecule has 0 aromatic heterocycles. The Hall–Kier alpha value is -0.176. The van der Waals surface area contributed by atoms with Gasteiger partial charge in [-0.25, -0.2) is 0 Å². The van der Waals surface area contributed by atoms with Crippen molar-refractivity contribution in [3.8, 4) is 0 Å². The predicted molar refractivity (Wildman–Crippen MR) is 167 cm³/mol. The fraction of sp³-hybridized carbons (Fsp3) is 0.970. The molecule has 4 rings (SSSR count). The first-order chi connectivity index (χ1) is 18.2. The Morgan fingerprint density at radius 3 is 2.23 bits per heavy atom. The summed E-state index contributed by atoms with van der Waals surface area (Å²) >= 11 is 0. The lowest BCUT2D eigenvalue weighted by molar-refractivity contribution is -0.194. The van der Waals surface area contributed by atoms with Crippen LogP contribution in [0.15, 0.2) is 0 Å². The van der Waals surface area contributed by atoms with Gasteiger partial charge >= 0.3 is 5.97 Å². The summed E-state index contributed by atoms with van der Waals surface area (Å²) in [6.07, 6.45) is 12.8. The lowest BCUT2D eigenvalue weighted by Crippen LogP contribution is -2.64. The molecule has 6 heteroatoms. The van der Waals surface area contributed by atoms with Crippen LogP contribution < -0.4 is 0 Å². The molecule has 0 aromatic carbocycles. The van der Waals surface area contributed by atoms with Crippen LogP contribution in [-0.4, -0.2) is 41.9 Å². The van der Waals surface area contributed by atoms with Gasteiger partial charge in [-0.1, -0.05) is 47.5 Å². The topological polar surface area (TPSA) is 44.8 Å². The van der Waals surface area contributed by atoms with Gasteiger partial charge in [0.15, 0.2) is 16.6 Å². The summed E-state index contributed by atoms with van der Waals surface area (Å²) < 4.78 is 19.8. The molecule has 4 aliphatic rings. The summed E-state index contributed by atoms with van der Waals surface area (Å²) in [5.74, 6) is 3.83. The maximum absolute atomic E-state index is 12.1. The van der Waals surface area contributed by atoms with Crippen molar-refractivity contribution >= 4 is 22.6 Å². The number of methoxy groups -OCH3 is 1. The monoisotopic (exact) mass is 578 g/mol. The molecule has 4 saturated carbocycles. The van der Waals surface area contributed by atoms with Crippen LogP contribution in [0.1, 0.15) is 98.8 Å². The van der Waals surface area contributed by atoms with E-state index >= 15 is 0 Å². The third-order valence-electron chi connectivity index (χ3n) is 13.1. The summed E-state index contributed by atoms with van der Waals surface area (Å²) in [5.41, 5.74) is 0.573. The Morgan fingerprint density at radius 2 is 1.59 bits per heavy atom. The van der Waals surface area contributed by atoms with Crippen molar-refractivity contribution in [2.75, 3.05) is 7.11 Å². The molecule has 0 unspecified atom stereocenters. The first kappa shape index (κ1) is 31.8. The van der Waals surface area contributed by atoms with E-state index in [-0.39, 0.29) is 11.4 Å². The Kier molecular flexibility index (Phi) is 9.64. The lowest BCUT2D eigenvalue weighted by atomic mass is 9.43. The minimum absolute atomic E-state index is 0.0682. The molecule has 0 aromatic rings. The van der Waals surface area contributed by atoms with E-state index in [1.165, 1.54) is 70.6 Å². The van der Waals surface area contributed by atoms with Gasteiger partial charge in [0.2, 0.25) is 0 Å². The minimum atomic E-state index is -1.76. The van der Waals surface area contributed by atoms with E-state index in [9.17, 15) is 4.79 Å². The number of fused-ring (bicyclic) bond motifs is 5. The van der Waals surface area contributed by atoms with E-state index in [1.54, 1.807) is 0 Å². The molecular formula is C33H62O4Si2. The van der Waals surface area contributed by atoms with Crippen LogP contribution in [0.2, 0.25) is 38.3 Å². The highest BCUT2D eigenvalue weighted by atomic mass is 28.4. The SMILES string of the molecule is CC[Si](C)(C)O[C@H]1C[C@H]2CCCC[C@]2(C)[C@H]2C[C@H](O[Si](C)(C)CC)[C@]3(C)[C@@H]([C@H](C)CCC(=O)OC)CC[C@H]3[C@H]12. The van der Waals surface area contributed by atoms with E-state index < -0.39 is 16.6 Å². The van der Waals surface area contributed by atoms with Gasteiger partial charge in [0, 0.05) is 12.5 Å². The summed E-state index contributed by atoms with van der Waals surface area (Å²) in [5, 5.41) is 0. The molecule has 4 aliphatic carbocycles. The standard InChI is InChI=1S/C33H62O4Si2/c1-11-38(7,8)36-28-21-24-15-13-14-20-32(24,4)27-22-29(37-39(9,10)12-2)33(5)25(17-18-26(33)31(27)28)23(3)16-19-30(34)35-6/h23-29,31H,11-22H2,1-10H3/t23-,24-,25-,26+,27+,28+,29+,31+,32+,33-/m1/s1. The highest BCUT2D eigenvalue weighted by Crippen LogP contribution is 2.69. The molecule has 0 aliphatic heterocycles. The van der Waals surface area contributed by atoms with Crippen LogP contribution >= 0.6 is 0 Å². The molecule has 0 spiro atoms. The van der Waals surface area contributed by atoms with Gasteiger partial charge in [-0.2, -0.15) is 0 Å². The second kappa shape index (κ2) is 11.8. The third kappa shape index (κ3) is 6.02. The molecule has 10 atom stereocenters. The van der Waals surface area contributed by atoms with Crippen LogP contribution in [0, 0.1) is 46.3 Å². The normalized spacial score (nSPS) is 41.3. The van der Waals surface area contributed by atoms with Gasteiger partial charge in [-0.05, 0) is 130 Å².